The Kier molecular flexibility index (Phi) is 5.66. The summed E-state index contributed by atoms with van der Waals surface area (Å²) in [5, 5.41) is 6.57. The van der Waals surface area contributed by atoms with Crippen LogP contribution in [0.2, 0.25) is 0 Å². The minimum absolute atomic E-state index is 0.0268. The smallest absolute Gasteiger partial charge is 0.267 e. The van der Waals surface area contributed by atoms with Gasteiger partial charge in [-0.2, -0.15) is 0 Å². The summed E-state index contributed by atoms with van der Waals surface area (Å²) in [6, 6.07) is 7.12. The summed E-state index contributed by atoms with van der Waals surface area (Å²) in [7, 11) is 0. The molecule has 0 atom stereocenters. The number of hydrogen-bond donors (Lipinski definition) is 2. The Morgan fingerprint density at radius 2 is 1.91 bits per heavy atom. The molecule has 2 amide bonds. The van der Waals surface area contributed by atoms with Gasteiger partial charge in [-0.05, 0) is 31.0 Å². The van der Waals surface area contributed by atoms with Crippen LogP contribution in [0.4, 0.5) is 11.4 Å². The largest absolute Gasteiger partial charge is 0.326 e. The molecule has 2 aromatic rings. The van der Waals surface area contributed by atoms with Crippen molar-refractivity contribution in [2.45, 2.75) is 33.1 Å². The molecule has 0 unspecified atom stereocenters. The van der Waals surface area contributed by atoms with E-state index in [9.17, 15) is 9.59 Å². The van der Waals surface area contributed by atoms with Crippen molar-refractivity contribution in [2.24, 2.45) is 0 Å². The first-order valence-electron chi connectivity index (χ1n) is 7.28. The summed E-state index contributed by atoms with van der Waals surface area (Å²) in [6.45, 7) is 3.96. The Morgan fingerprint density at radius 1 is 1.18 bits per heavy atom. The van der Waals surface area contributed by atoms with Crippen LogP contribution in [0.1, 0.15) is 41.4 Å². The fourth-order valence-corrected chi connectivity index (χ4v) is 2.65. The maximum absolute atomic E-state index is 12.2. The molecule has 5 nitrogen and oxygen atoms in total. The van der Waals surface area contributed by atoms with Crippen molar-refractivity contribution in [3.63, 3.8) is 0 Å². The second-order valence-electron chi connectivity index (χ2n) is 4.80. The molecule has 2 rings (SSSR count). The molecular formula is C16H19N3O2S. The van der Waals surface area contributed by atoms with Crippen molar-refractivity contribution in [3.8, 4) is 0 Å². The molecule has 22 heavy (non-hydrogen) atoms. The van der Waals surface area contributed by atoms with E-state index in [-0.39, 0.29) is 11.8 Å². The van der Waals surface area contributed by atoms with Gasteiger partial charge in [0.05, 0.1) is 11.2 Å². The standard InChI is InChI=1S/C16H19N3O2S/c1-3-6-14(20)18-11-7-5-8-12(9-11)19-16(21)13-10-17-15(4-2)22-13/h5,7-10H,3-4,6H2,1-2H3,(H,18,20)(H,19,21). The predicted molar refractivity (Wildman–Crippen MR) is 89.4 cm³/mol. The van der Waals surface area contributed by atoms with Gasteiger partial charge < -0.3 is 10.6 Å². The number of nitrogens with zero attached hydrogens (tertiary/aromatic N) is 1. The summed E-state index contributed by atoms with van der Waals surface area (Å²) in [5.74, 6) is -0.213. The number of anilines is 2. The molecule has 6 heteroatoms. The molecule has 0 saturated carbocycles. The van der Waals surface area contributed by atoms with Crippen LogP contribution in [0.15, 0.2) is 30.5 Å². The average Bonchev–Trinajstić information content (AvgIpc) is 2.97. The monoisotopic (exact) mass is 317 g/mol. The SMILES string of the molecule is CCCC(=O)Nc1cccc(NC(=O)c2cnc(CC)s2)c1. The normalized spacial score (nSPS) is 10.3. The number of rotatable bonds is 6. The first-order chi connectivity index (χ1) is 10.6. The third-order valence-electron chi connectivity index (χ3n) is 2.96. The molecule has 0 bridgehead atoms. The minimum atomic E-state index is -0.186. The molecule has 0 aliphatic carbocycles. The molecule has 116 valence electrons. The van der Waals surface area contributed by atoms with Crippen LogP contribution in [0, 0.1) is 0 Å². The van der Waals surface area contributed by atoms with Gasteiger partial charge in [0.15, 0.2) is 0 Å². The van der Waals surface area contributed by atoms with Crippen molar-refractivity contribution in [1.82, 2.24) is 4.98 Å². The summed E-state index contributed by atoms with van der Waals surface area (Å²) >= 11 is 1.39. The van der Waals surface area contributed by atoms with Crippen LogP contribution >= 0.6 is 11.3 Å². The molecule has 1 aromatic carbocycles. The molecule has 1 heterocycles. The Balaban J connectivity index is 2.03. The maximum Gasteiger partial charge on any atom is 0.267 e. The number of hydrogen-bond acceptors (Lipinski definition) is 4. The zero-order chi connectivity index (χ0) is 15.9. The number of aromatic nitrogens is 1. The highest BCUT2D eigenvalue weighted by Gasteiger charge is 2.10. The van der Waals surface area contributed by atoms with Gasteiger partial charge in [0, 0.05) is 17.8 Å². The highest BCUT2D eigenvalue weighted by atomic mass is 32.1. The fraction of sp³-hybridized carbons (Fsp3) is 0.312. The van der Waals surface area contributed by atoms with E-state index in [0.717, 1.165) is 17.8 Å². The van der Waals surface area contributed by atoms with Crippen LogP contribution in [0.5, 0.6) is 0 Å². The highest BCUT2D eigenvalue weighted by molar-refractivity contribution is 7.13. The van der Waals surface area contributed by atoms with E-state index in [1.165, 1.54) is 11.3 Å². The summed E-state index contributed by atoms with van der Waals surface area (Å²) in [6.07, 6.45) is 3.69. The number of carbonyl (C=O) groups excluding carboxylic acids is 2. The van der Waals surface area contributed by atoms with Crippen molar-refractivity contribution >= 4 is 34.5 Å². The van der Waals surface area contributed by atoms with Crippen LogP contribution in [0.3, 0.4) is 0 Å². The summed E-state index contributed by atoms with van der Waals surface area (Å²) in [4.78, 5) is 28.5. The number of carbonyl (C=O) groups is 2. The fourth-order valence-electron chi connectivity index (χ4n) is 1.90. The first kappa shape index (κ1) is 16.2. The molecule has 2 N–H and O–H groups in total. The van der Waals surface area contributed by atoms with Crippen LogP contribution in [0.25, 0.3) is 0 Å². The predicted octanol–water partition coefficient (Wildman–Crippen LogP) is 3.70. The summed E-state index contributed by atoms with van der Waals surface area (Å²) < 4.78 is 0. The van der Waals surface area contributed by atoms with Gasteiger partial charge in [0.1, 0.15) is 4.88 Å². The lowest BCUT2D eigenvalue weighted by molar-refractivity contribution is -0.116. The van der Waals surface area contributed by atoms with E-state index in [4.69, 9.17) is 0 Å². The van der Waals surface area contributed by atoms with Crippen molar-refractivity contribution in [1.29, 1.82) is 0 Å². The van der Waals surface area contributed by atoms with Gasteiger partial charge in [-0.25, -0.2) is 4.98 Å². The van der Waals surface area contributed by atoms with Gasteiger partial charge in [-0.15, -0.1) is 11.3 Å². The Labute approximate surface area is 133 Å². The quantitative estimate of drug-likeness (QED) is 0.853. The molecule has 1 aromatic heterocycles. The minimum Gasteiger partial charge on any atom is -0.326 e. The second-order valence-corrected chi connectivity index (χ2v) is 5.92. The topological polar surface area (TPSA) is 71.1 Å². The molecule has 0 aliphatic rings. The van der Waals surface area contributed by atoms with Crippen LogP contribution in [-0.4, -0.2) is 16.8 Å². The summed E-state index contributed by atoms with van der Waals surface area (Å²) in [5.41, 5.74) is 1.32. The van der Waals surface area contributed by atoms with E-state index in [0.29, 0.717) is 22.7 Å². The average molecular weight is 317 g/mol. The zero-order valence-electron chi connectivity index (χ0n) is 12.7. The van der Waals surface area contributed by atoms with E-state index >= 15 is 0 Å². The maximum atomic E-state index is 12.2. The van der Waals surface area contributed by atoms with Crippen molar-refractivity contribution in [2.75, 3.05) is 10.6 Å². The zero-order valence-corrected chi connectivity index (χ0v) is 13.5. The van der Waals surface area contributed by atoms with Gasteiger partial charge in [0.2, 0.25) is 5.91 Å². The molecule has 0 spiro atoms. The van der Waals surface area contributed by atoms with Gasteiger partial charge in [0.25, 0.3) is 5.91 Å². The Hall–Kier alpha value is -2.21. The Bertz CT molecular complexity index is 667. The second kappa shape index (κ2) is 7.70. The lowest BCUT2D eigenvalue weighted by atomic mass is 10.2. The number of nitrogens with one attached hydrogen (secondary N) is 2. The van der Waals surface area contributed by atoms with E-state index < -0.39 is 0 Å². The molecule has 0 fully saturated rings. The van der Waals surface area contributed by atoms with Crippen molar-refractivity contribution in [3.05, 3.63) is 40.3 Å². The first-order valence-corrected chi connectivity index (χ1v) is 8.10. The van der Waals surface area contributed by atoms with Gasteiger partial charge in [-0.1, -0.05) is 19.9 Å². The van der Waals surface area contributed by atoms with E-state index in [2.05, 4.69) is 15.6 Å². The van der Waals surface area contributed by atoms with Crippen molar-refractivity contribution < 1.29 is 9.59 Å². The molecular weight excluding hydrogens is 298 g/mol. The lowest BCUT2D eigenvalue weighted by Crippen LogP contribution is -2.12. The third-order valence-corrected chi connectivity index (χ3v) is 4.10. The van der Waals surface area contributed by atoms with E-state index in [1.54, 1.807) is 30.5 Å². The van der Waals surface area contributed by atoms with Crippen LogP contribution < -0.4 is 10.6 Å². The van der Waals surface area contributed by atoms with Gasteiger partial charge >= 0.3 is 0 Å². The molecule has 0 aliphatic heterocycles. The number of benzene rings is 1. The highest BCUT2D eigenvalue weighted by Crippen LogP contribution is 2.19. The number of amides is 2. The Morgan fingerprint density at radius 3 is 2.55 bits per heavy atom. The van der Waals surface area contributed by atoms with Gasteiger partial charge in [-0.3, -0.25) is 9.59 Å². The third kappa shape index (κ3) is 4.39. The number of aryl methyl sites for hydroxylation is 1. The molecule has 0 radical (unpaired) electrons. The molecule has 0 saturated heterocycles. The number of thiazole rings is 1. The van der Waals surface area contributed by atoms with E-state index in [1.807, 2.05) is 13.8 Å². The lowest BCUT2D eigenvalue weighted by Gasteiger charge is -2.07. The van der Waals surface area contributed by atoms with Crippen LogP contribution in [-0.2, 0) is 11.2 Å².